The van der Waals surface area contributed by atoms with Crippen LogP contribution in [0.15, 0.2) is 24.3 Å². The predicted octanol–water partition coefficient (Wildman–Crippen LogP) is -0.859. The van der Waals surface area contributed by atoms with Gasteiger partial charge in [-0.1, -0.05) is 13.3 Å². The van der Waals surface area contributed by atoms with Crippen molar-refractivity contribution in [3.8, 4) is 5.75 Å². The number of rotatable bonds is 9. The van der Waals surface area contributed by atoms with Crippen LogP contribution in [0.5, 0.6) is 5.75 Å². The lowest BCUT2D eigenvalue weighted by molar-refractivity contribution is -0.722. The number of aliphatic hydroxyl groups excluding tert-OH is 1. The molecule has 144 valence electrons. The Hall–Kier alpha value is -1.50. The number of unbranched alkanes of at least 4 members (excludes halogenated alkanes) is 1. The van der Waals surface area contributed by atoms with Crippen molar-refractivity contribution in [1.82, 2.24) is 0 Å². The number of amides is 1. The first-order chi connectivity index (χ1) is 11.3. The highest BCUT2D eigenvalue weighted by Crippen LogP contribution is 2.16. The van der Waals surface area contributed by atoms with Gasteiger partial charge >= 0.3 is 6.09 Å². The molecule has 0 spiro atoms. The summed E-state index contributed by atoms with van der Waals surface area (Å²) in [7, 11) is 0. The van der Waals surface area contributed by atoms with Crippen LogP contribution < -0.4 is 27.8 Å². The molecule has 0 fully saturated rings. The number of carbonyl (C=O) groups excluding carboxylic acids is 1. The topological polar surface area (TPSA) is 84.4 Å². The first-order valence-corrected chi connectivity index (χ1v) is 8.49. The Morgan fingerprint density at radius 2 is 1.92 bits per heavy atom. The van der Waals surface area contributed by atoms with Crippen LogP contribution in [0, 0.1) is 0 Å². The van der Waals surface area contributed by atoms with Crippen molar-refractivity contribution in [2.45, 2.75) is 52.2 Å². The van der Waals surface area contributed by atoms with Crippen molar-refractivity contribution < 1.29 is 37.1 Å². The van der Waals surface area contributed by atoms with Crippen LogP contribution in [-0.4, -0.2) is 42.6 Å². The van der Waals surface area contributed by atoms with Crippen LogP contribution in [-0.2, 0) is 4.74 Å². The Bertz CT molecular complexity index is 489. The standard InChI is InChI=1S/C18H30N2O4.ClH/c1-5-6-11-23-17(22)20-14-7-9-16(10-8-14)24-13-15(21)12-19-18(2,3)4;/h7-10,15,19,21H,5-6,11-13H2,1-4H3,(H,20,22);1H. The van der Waals surface area contributed by atoms with Gasteiger partial charge < -0.3 is 32.3 Å². The average Bonchev–Trinajstić information content (AvgIpc) is 2.52. The van der Waals surface area contributed by atoms with Gasteiger partial charge in [-0.15, -0.1) is 0 Å². The van der Waals surface area contributed by atoms with E-state index in [1.807, 2.05) is 6.92 Å². The van der Waals surface area contributed by atoms with Gasteiger partial charge in [-0.2, -0.15) is 0 Å². The lowest BCUT2D eigenvalue weighted by atomic mass is 10.1. The summed E-state index contributed by atoms with van der Waals surface area (Å²) in [5.74, 6) is 0.648. The number of hydrogen-bond donors (Lipinski definition) is 3. The van der Waals surface area contributed by atoms with Crippen LogP contribution in [0.4, 0.5) is 10.5 Å². The molecule has 0 aromatic heterocycles. The van der Waals surface area contributed by atoms with Crippen LogP contribution in [0.3, 0.4) is 0 Å². The van der Waals surface area contributed by atoms with Crippen molar-refractivity contribution in [3.63, 3.8) is 0 Å². The van der Waals surface area contributed by atoms with E-state index in [4.69, 9.17) is 9.47 Å². The summed E-state index contributed by atoms with van der Waals surface area (Å²) in [6, 6.07) is 6.98. The molecule has 1 rings (SSSR count). The molecule has 0 aliphatic carbocycles. The molecule has 0 heterocycles. The monoisotopic (exact) mass is 374 g/mol. The van der Waals surface area contributed by atoms with E-state index in [1.54, 1.807) is 24.3 Å². The molecule has 7 heteroatoms. The highest BCUT2D eigenvalue weighted by Gasteiger charge is 2.16. The summed E-state index contributed by atoms with van der Waals surface area (Å²) < 4.78 is 10.6. The quantitative estimate of drug-likeness (QED) is 0.491. The lowest BCUT2D eigenvalue weighted by Crippen LogP contribution is -3.00. The van der Waals surface area contributed by atoms with Gasteiger partial charge in [-0.25, -0.2) is 4.79 Å². The summed E-state index contributed by atoms with van der Waals surface area (Å²) >= 11 is 0. The fourth-order valence-electron chi connectivity index (χ4n) is 1.85. The molecular formula is C18H31ClN2O4. The second kappa shape index (κ2) is 12.0. The van der Waals surface area contributed by atoms with Gasteiger partial charge in [0.2, 0.25) is 0 Å². The third-order valence-corrected chi connectivity index (χ3v) is 3.28. The molecule has 1 aromatic carbocycles. The van der Waals surface area contributed by atoms with Gasteiger partial charge in [0.05, 0.1) is 12.1 Å². The van der Waals surface area contributed by atoms with E-state index in [0.29, 0.717) is 24.6 Å². The highest BCUT2D eigenvalue weighted by atomic mass is 35.5. The molecule has 0 aliphatic rings. The third kappa shape index (κ3) is 11.6. The zero-order valence-corrected chi connectivity index (χ0v) is 16.3. The van der Waals surface area contributed by atoms with E-state index in [0.717, 1.165) is 12.8 Å². The fraction of sp³-hybridized carbons (Fsp3) is 0.611. The normalized spacial score (nSPS) is 12.0. The van der Waals surface area contributed by atoms with Crippen molar-refractivity contribution in [3.05, 3.63) is 24.3 Å². The second-order valence-electron chi connectivity index (χ2n) is 6.91. The fourth-order valence-corrected chi connectivity index (χ4v) is 1.85. The molecule has 1 amide bonds. The minimum atomic E-state index is -0.532. The molecule has 0 saturated carbocycles. The molecule has 0 saturated heterocycles. The van der Waals surface area contributed by atoms with Crippen LogP contribution in [0.2, 0.25) is 0 Å². The molecule has 0 bridgehead atoms. The first kappa shape index (κ1) is 23.5. The number of nitrogens with one attached hydrogen (secondary N) is 1. The molecular weight excluding hydrogens is 344 g/mol. The second-order valence-corrected chi connectivity index (χ2v) is 6.91. The third-order valence-electron chi connectivity index (χ3n) is 3.28. The Morgan fingerprint density at radius 1 is 1.28 bits per heavy atom. The number of hydrogen-bond acceptors (Lipinski definition) is 4. The first-order valence-electron chi connectivity index (χ1n) is 8.49. The Balaban J connectivity index is 0.00000576. The Morgan fingerprint density at radius 3 is 2.48 bits per heavy atom. The highest BCUT2D eigenvalue weighted by molar-refractivity contribution is 5.84. The summed E-state index contributed by atoms with van der Waals surface area (Å²) in [4.78, 5) is 11.5. The number of quaternary nitrogens is 1. The molecule has 1 atom stereocenters. The molecule has 0 aliphatic heterocycles. The minimum absolute atomic E-state index is 0. The Kier molecular flexibility index (Phi) is 11.2. The molecule has 1 aromatic rings. The number of nitrogens with two attached hydrogens (primary N) is 1. The lowest BCUT2D eigenvalue weighted by Gasteiger charge is -2.19. The van der Waals surface area contributed by atoms with Gasteiger partial charge in [0.15, 0.2) is 0 Å². The van der Waals surface area contributed by atoms with Gasteiger partial charge in [-0.05, 0) is 51.5 Å². The largest absolute Gasteiger partial charge is 1.00 e. The van der Waals surface area contributed by atoms with Crippen molar-refractivity contribution in [2.24, 2.45) is 0 Å². The summed E-state index contributed by atoms with van der Waals surface area (Å²) in [6.45, 7) is 9.58. The molecule has 4 N–H and O–H groups in total. The number of carbonyl (C=O) groups is 1. The van der Waals surface area contributed by atoms with Crippen LogP contribution >= 0.6 is 0 Å². The van der Waals surface area contributed by atoms with E-state index in [1.165, 1.54) is 0 Å². The maximum Gasteiger partial charge on any atom is 0.411 e. The van der Waals surface area contributed by atoms with Gasteiger partial charge in [0, 0.05) is 5.69 Å². The van der Waals surface area contributed by atoms with Crippen molar-refractivity contribution >= 4 is 11.8 Å². The zero-order chi connectivity index (χ0) is 18.0. The molecule has 1 unspecified atom stereocenters. The van der Waals surface area contributed by atoms with E-state index in [9.17, 15) is 9.90 Å². The maximum absolute atomic E-state index is 11.5. The van der Waals surface area contributed by atoms with E-state index >= 15 is 0 Å². The van der Waals surface area contributed by atoms with Crippen LogP contribution in [0.1, 0.15) is 40.5 Å². The van der Waals surface area contributed by atoms with Gasteiger partial charge in [-0.3, -0.25) is 5.32 Å². The van der Waals surface area contributed by atoms with E-state index in [2.05, 4.69) is 31.4 Å². The maximum atomic E-state index is 11.5. The molecule has 6 nitrogen and oxygen atoms in total. The predicted molar refractivity (Wildman–Crippen MR) is 94.4 cm³/mol. The number of anilines is 1. The number of benzene rings is 1. The smallest absolute Gasteiger partial charge is 0.411 e. The summed E-state index contributed by atoms with van der Waals surface area (Å²) in [5.41, 5.74) is 0.727. The minimum Gasteiger partial charge on any atom is -1.00 e. The number of halogens is 1. The summed E-state index contributed by atoms with van der Waals surface area (Å²) in [5, 5.41) is 14.7. The van der Waals surface area contributed by atoms with Crippen molar-refractivity contribution in [2.75, 3.05) is 25.1 Å². The van der Waals surface area contributed by atoms with Gasteiger partial charge in [0.25, 0.3) is 0 Å². The van der Waals surface area contributed by atoms with E-state index in [-0.39, 0.29) is 24.6 Å². The zero-order valence-electron chi connectivity index (χ0n) is 15.5. The SMILES string of the molecule is CCCCOC(=O)Nc1ccc(OCC(O)C[NH2+]C(C)(C)C)cc1.[Cl-]. The summed E-state index contributed by atoms with van der Waals surface area (Å²) in [6.07, 6.45) is 0.856. The average molecular weight is 375 g/mol. The number of ether oxygens (including phenoxy) is 2. The van der Waals surface area contributed by atoms with Crippen LogP contribution in [0.25, 0.3) is 0 Å². The van der Waals surface area contributed by atoms with Gasteiger partial charge in [0.1, 0.15) is 25.0 Å². The molecule has 0 radical (unpaired) electrons. The van der Waals surface area contributed by atoms with Crippen molar-refractivity contribution in [1.29, 1.82) is 0 Å². The Labute approximate surface area is 156 Å². The molecule has 25 heavy (non-hydrogen) atoms. The number of aliphatic hydroxyl groups is 1. The van der Waals surface area contributed by atoms with E-state index < -0.39 is 12.2 Å².